The summed E-state index contributed by atoms with van der Waals surface area (Å²) in [4.78, 5) is 12.6. The SMILES string of the molecule is CCOc1ccc(NC(=S)NC(=O)c2cccc3c(Cl)cccc23)cc1. The molecule has 0 bridgehead atoms. The van der Waals surface area contributed by atoms with Gasteiger partial charge in [-0.3, -0.25) is 10.1 Å². The van der Waals surface area contributed by atoms with Crippen LogP contribution in [0.5, 0.6) is 5.75 Å². The number of anilines is 1. The maximum Gasteiger partial charge on any atom is 0.258 e. The van der Waals surface area contributed by atoms with Crippen molar-refractivity contribution >= 4 is 51.3 Å². The predicted molar refractivity (Wildman–Crippen MR) is 110 cm³/mol. The van der Waals surface area contributed by atoms with Gasteiger partial charge in [-0.15, -0.1) is 0 Å². The van der Waals surface area contributed by atoms with Crippen molar-refractivity contribution in [1.82, 2.24) is 5.32 Å². The van der Waals surface area contributed by atoms with Crippen LogP contribution in [0.2, 0.25) is 5.02 Å². The van der Waals surface area contributed by atoms with Crippen LogP contribution in [0, 0.1) is 0 Å². The molecule has 0 spiro atoms. The summed E-state index contributed by atoms with van der Waals surface area (Å²) in [5.41, 5.74) is 1.28. The molecule has 0 aliphatic heterocycles. The first kappa shape index (κ1) is 18.2. The largest absolute Gasteiger partial charge is 0.494 e. The molecule has 3 rings (SSSR count). The number of carbonyl (C=O) groups is 1. The zero-order chi connectivity index (χ0) is 18.5. The quantitative estimate of drug-likeness (QED) is 0.620. The summed E-state index contributed by atoms with van der Waals surface area (Å²) in [5, 5.41) is 8.12. The molecular formula is C20H17ClN2O2S. The Balaban J connectivity index is 1.72. The fourth-order valence-corrected chi connectivity index (χ4v) is 3.05. The van der Waals surface area contributed by atoms with Crippen molar-refractivity contribution in [2.75, 3.05) is 11.9 Å². The summed E-state index contributed by atoms with van der Waals surface area (Å²) in [6.07, 6.45) is 0. The lowest BCUT2D eigenvalue weighted by molar-refractivity contribution is 0.0979. The Kier molecular flexibility index (Phi) is 5.71. The van der Waals surface area contributed by atoms with E-state index in [0.29, 0.717) is 17.2 Å². The minimum atomic E-state index is -0.290. The number of hydrogen-bond acceptors (Lipinski definition) is 3. The highest BCUT2D eigenvalue weighted by atomic mass is 35.5. The maximum absolute atomic E-state index is 12.6. The number of fused-ring (bicyclic) bond motifs is 1. The molecule has 2 N–H and O–H groups in total. The lowest BCUT2D eigenvalue weighted by Crippen LogP contribution is -2.34. The van der Waals surface area contributed by atoms with E-state index in [0.717, 1.165) is 22.2 Å². The highest BCUT2D eigenvalue weighted by Gasteiger charge is 2.12. The van der Waals surface area contributed by atoms with Gasteiger partial charge in [-0.25, -0.2) is 0 Å². The van der Waals surface area contributed by atoms with E-state index in [9.17, 15) is 4.79 Å². The summed E-state index contributed by atoms with van der Waals surface area (Å²) in [6, 6.07) is 18.2. The molecule has 3 aromatic carbocycles. The van der Waals surface area contributed by atoms with Crippen LogP contribution in [-0.4, -0.2) is 17.6 Å². The average molecular weight is 385 g/mol. The van der Waals surface area contributed by atoms with Gasteiger partial charge in [0.1, 0.15) is 5.75 Å². The Morgan fingerprint density at radius 1 is 1.04 bits per heavy atom. The number of benzene rings is 3. The van der Waals surface area contributed by atoms with Crippen molar-refractivity contribution in [3.63, 3.8) is 0 Å². The van der Waals surface area contributed by atoms with Gasteiger partial charge in [0.2, 0.25) is 0 Å². The van der Waals surface area contributed by atoms with E-state index >= 15 is 0 Å². The van der Waals surface area contributed by atoms with Crippen LogP contribution >= 0.6 is 23.8 Å². The number of carbonyl (C=O) groups excluding carboxylic acids is 1. The molecule has 0 saturated carbocycles. The molecule has 0 aromatic heterocycles. The van der Waals surface area contributed by atoms with E-state index in [1.165, 1.54) is 0 Å². The summed E-state index contributed by atoms with van der Waals surface area (Å²) >= 11 is 11.4. The second-order valence-electron chi connectivity index (χ2n) is 5.51. The van der Waals surface area contributed by atoms with E-state index in [1.807, 2.05) is 49.4 Å². The summed E-state index contributed by atoms with van der Waals surface area (Å²) in [5.74, 6) is 0.488. The zero-order valence-electron chi connectivity index (χ0n) is 14.1. The molecule has 26 heavy (non-hydrogen) atoms. The molecule has 132 valence electrons. The standard InChI is InChI=1S/C20H17ClN2O2S/c1-2-25-14-11-9-13(10-12-14)22-20(26)23-19(24)17-7-3-6-16-15(17)5-4-8-18(16)21/h3-12H,2H2,1H3,(H2,22,23,24,26). The minimum Gasteiger partial charge on any atom is -0.494 e. The summed E-state index contributed by atoms with van der Waals surface area (Å²) < 4.78 is 5.40. The number of nitrogens with one attached hydrogen (secondary N) is 2. The predicted octanol–water partition coefficient (Wildman–Crippen LogP) is 5.02. The van der Waals surface area contributed by atoms with Gasteiger partial charge in [0.25, 0.3) is 5.91 Å². The summed E-state index contributed by atoms with van der Waals surface area (Å²) in [6.45, 7) is 2.54. The lowest BCUT2D eigenvalue weighted by Gasteiger charge is -2.12. The molecule has 0 unspecified atom stereocenters. The van der Waals surface area contributed by atoms with Crippen molar-refractivity contribution in [1.29, 1.82) is 0 Å². The molecule has 0 fully saturated rings. The van der Waals surface area contributed by atoms with Gasteiger partial charge in [0.15, 0.2) is 5.11 Å². The fourth-order valence-electron chi connectivity index (χ4n) is 2.60. The molecule has 3 aromatic rings. The molecule has 1 amide bonds. The zero-order valence-corrected chi connectivity index (χ0v) is 15.7. The number of rotatable bonds is 4. The highest BCUT2D eigenvalue weighted by molar-refractivity contribution is 7.80. The first-order valence-corrected chi connectivity index (χ1v) is 8.89. The lowest BCUT2D eigenvalue weighted by atomic mass is 10.0. The van der Waals surface area contributed by atoms with Gasteiger partial charge in [-0.05, 0) is 60.9 Å². The maximum atomic E-state index is 12.6. The molecule has 0 aliphatic carbocycles. The Morgan fingerprint density at radius 3 is 2.46 bits per heavy atom. The van der Waals surface area contributed by atoms with Crippen molar-refractivity contribution < 1.29 is 9.53 Å². The van der Waals surface area contributed by atoms with Gasteiger partial charge in [-0.1, -0.05) is 35.9 Å². The Hall–Kier alpha value is -2.63. The first-order chi connectivity index (χ1) is 12.6. The van der Waals surface area contributed by atoms with E-state index in [4.69, 9.17) is 28.6 Å². The van der Waals surface area contributed by atoms with Gasteiger partial charge in [0.05, 0.1) is 6.61 Å². The Morgan fingerprint density at radius 2 is 1.73 bits per heavy atom. The van der Waals surface area contributed by atoms with E-state index < -0.39 is 0 Å². The number of thiocarbonyl (C=S) groups is 1. The molecule has 0 aliphatic rings. The first-order valence-electron chi connectivity index (χ1n) is 8.11. The summed E-state index contributed by atoms with van der Waals surface area (Å²) in [7, 11) is 0. The molecule has 0 saturated heterocycles. The highest BCUT2D eigenvalue weighted by Crippen LogP contribution is 2.26. The average Bonchev–Trinajstić information content (AvgIpc) is 2.63. The molecule has 4 nitrogen and oxygen atoms in total. The molecule has 0 atom stereocenters. The van der Waals surface area contributed by atoms with Crippen LogP contribution in [0.4, 0.5) is 5.69 Å². The molecule has 0 radical (unpaired) electrons. The monoisotopic (exact) mass is 384 g/mol. The molecular weight excluding hydrogens is 368 g/mol. The van der Waals surface area contributed by atoms with Gasteiger partial charge >= 0.3 is 0 Å². The van der Waals surface area contributed by atoms with Crippen molar-refractivity contribution in [2.45, 2.75) is 6.92 Å². The minimum absolute atomic E-state index is 0.221. The number of ether oxygens (including phenoxy) is 1. The third-order valence-electron chi connectivity index (χ3n) is 3.76. The van der Waals surface area contributed by atoms with Crippen LogP contribution in [0.25, 0.3) is 10.8 Å². The van der Waals surface area contributed by atoms with Crippen LogP contribution in [0.1, 0.15) is 17.3 Å². The number of amides is 1. The smallest absolute Gasteiger partial charge is 0.258 e. The normalized spacial score (nSPS) is 10.4. The van der Waals surface area contributed by atoms with Crippen molar-refractivity contribution in [3.8, 4) is 5.75 Å². The van der Waals surface area contributed by atoms with Crippen LogP contribution < -0.4 is 15.4 Å². The Bertz CT molecular complexity index is 958. The van der Waals surface area contributed by atoms with E-state index in [-0.39, 0.29) is 11.0 Å². The van der Waals surface area contributed by atoms with Crippen LogP contribution in [0.15, 0.2) is 60.7 Å². The van der Waals surface area contributed by atoms with Crippen molar-refractivity contribution in [3.05, 3.63) is 71.2 Å². The third kappa shape index (κ3) is 4.12. The van der Waals surface area contributed by atoms with Crippen molar-refractivity contribution in [2.24, 2.45) is 0 Å². The Labute approximate surface area is 162 Å². The molecule has 0 heterocycles. The number of halogens is 1. The van der Waals surface area contributed by atoms with Gasteiger partial charge in [0, 0.05) is 21.7 Å². The van der Waals surface area contributed by atoms with Gasteiger partial charge < -0.3 is 10.1 Å². The second-order valence-corrected chi connectivity index (χ2v) is 6.32. The van der Waals surface area contributed by atoms with Gasteiger partial charge in [-0.2, -0.15) is 0 Å². The fraction of sp³-hybridized carbons (Fsp3) is 0.100. The second kappa shape index (κ2) is 8.17. The molecule has 6 heteroatoms. The third-order valence-corrected chi connectivity index (χ3v) is 4.30. The topological polar surface area (TPSA) is 50.4 Å². The van der Waals surface area contributed by atoms with Crippen LogP contribution in [0.3, 0.4) is 0 Å². The number of hydrogen-bond donors (Lipinski definition) is 2. The van der Waals surface area contributed by atoms with Crippen LogP contribution in [-0.2, 0) is 0 Å². The van der Waals surface area contributed by atoms with E-state index in [1.54, 1.807) is 18.2 Å². The van der Waals surface area contributed by atoms with E-state index in [2.05, 4.69) is 10.6 Å².